The molecule has 0 unspecified atom stereocenters. The molecule has 0 spiro atoms. The minimum atomic E-state index is 0. The Morgan fingerprint density at radius 2 is 1.64 bits per heavy atom. The lowest BCUT2D eigenvalue weighted by Crippen LogP contribution is -2.47. The van der Waals surface area contributed by atoms with E-state index >= 15 is 0 Å². The first-order valence-electron chi connectivity index (χ1n) is 10.2. The topological polar surface area (TPSA) is 6.48 Å². The molecule has 3 aliphatic rings. The highest BCUT2D eigenvalue weighted by Gasteiger charge is 2.27. The zero-order valence-electron chi connectivity index (χ0n) is 15.5. The molecular weight excluding hydrogens is 328 g/mol. The number of allylic oxidation sites excluding steroid dienone is 2. The molecular formula is C22H33ClN2. The maximum absolute atomic E-state index is 2.69. The van der Waals surface area contributed by atoms with Gasteiger partial charge >= 0.3 is 0 Å². The summed E-state index contributed by atoms with van der Waals surface area (Å²) >= 11 is 0. The van der Waals surface area contributed by atoms with Crippen LogP contribution in [0.1, 0.15) is 56.9 Å². The molecule has 1 aromatic rings. The second-order valence-electron chi connectivity index (χ2n) is 7.93. The molecule has 0 bridgehead atoms. The van der Waals surface area contributed by atoms with Gasteiger partial charge < -0.3 is 4.90 Å². The van der Waals surface area contributed by atoms with Crippen LogP contribution in [0.15, 0.2) is 30.3 Å². The van der Waals surface area contributed by atoms with Crippen LogP contribution >= 0.6 is 12.4 Å². The van der Waals surface area contributed by atoms with Crippen molar-refractivity contribution in [2.45, 2.75) is 51.4 Å². The van der Waals surface area contributed by atoms with Gasteiger partial charge in [0.2, 0.25) is 0 Å². The molecule has 1 heterocycles. The number of hydrogen-bond donors (Lipinski definition) is 0. The number of rotatable bonds is 4. The Balaban J connectivity index is 0.00000182. The Morgan fingerprint density at radius 1 is 0.880 bits per heavy atom. The Bertz CT molecular complexity index is 571. The highest BCUT2D eigenvalue weighted by molar-refractivity contribution is 5.85. The zero-order valence-corrected chi connectivity index (χ0v) is 16.3. The summed E-state index contributed by atoms with van der Waals surface area (Å²) in [6.45, 7) is 6.21. The van der Waals surface area contributed by atoms with Crippen LogP contribution in [0.5, 0.6) is 0 Å². The van der Waals surface area contributed by atoms with E-state index in [1.807, 2.05) is 0 Å². The highest BCUT2D eigenvalue weighted by Crippen LogP contribution is 2.34. The molecule has 1 saturated carbocycles. The summed E-state index contributed by atoms with van der Waals surface area (Å²) in [5.41, 5.74) is 4.59. The van der Waals surface area contributed by atoms with Crippen LogP contribution in [0.3, 0.4) is 0 Å². The smallest absolute Gasteiger partial charge is 0.0443 e. The average molecular weight is 361 g/mol. The van der Waals surface area contributed by atoms with Crippen LogP contribution in [-0.4, -0.2) is 37.6 Å². The third-order valence-corrected chi connectivity index (χ3v) is 5.97. The monoisotopic (exact) mass is 360 g/mol. The summed E-state index contributed by atoms with van der Waals surface area (Å²) in [5.74, 6) is 1.02. The van der Waals surface area contributed by atoms with Gasteiger partial charge in [0.1, 0.15) is 0 Å². The van der Waals surface area contributed by atoms with Crippen molar-refractivity contribution in [1.82, 2.24) is 4.90 Å². The summed E-state index contributed by atoms with van der Waals surface area (Å²) in [6.07, 6.45) is 13.5. The molecule has 1 saturated heterocycles. The van der Waals surface area contributed by atoms with Crippen molar-refractivity contribution in [2.24, 2.45) is 5.92 Å². The standard InChI is InChI=1S/C22H32N2.ClH/c1-2-4-8-20(9-5-3-1)21-10-6-7-11-22(21)24-16-14-23(15-17-24)18-19-12-13-19;/h6-8,10-11,19H,1-5,9,12-18H2;1H. The lowest BCUT2D eigenvalue weighted by Gasteiger charge is -2.37. The molecule has 2 aliphatic carbocycles. The second-order valence-corrected chi connectivity index (χ2v) is 7.93. The van der Waals surface area contributed by atoms with Crippen LogP contribution in [0.25, 0.3) is 5.57 Å². The predicted octanol–water partition coefficient (Wildman–Crippen LogP) is 5.38. The van der Waals surface area contributed by atoms with Gasteiger partial charge in [-0.15, -0.1) is 12.4 Å². The minimum Gasteiger partial charge on any atom is -0.368 e. The van der Waals surface area contributed by atoms with Crippen molar-refractivity contribution in [3.8, 4) is 0 Å². The van der Waals surface area contributed by atoms with Crippen LogP contribution < -0.4 is 4.90 Å². The number of nitrogens with zero attached hydrogens (tertiary/aromatic N) is 2. The summed E-state index contributed by atoms with van der Waals surface area (Å²) in [5, 5.41) is 0. The van der Waals surface area contributed by atoms with Crippen molar-refractivity contribution in [3.63, 3.8) is 0 Å². The van der Waals surface area contributed by atoms with Gasteiger partial charge in [0.25, 0.3) is 0 Å². The normalized spacial score (nSPS) is 22.6. The van der Waals surface area contributed by atoms with Gasteiger partial charge in [-0.3, -0.25) is 4.90 Å². The van der Waals surface area contributed by atoms with E-state index in [-0.39, 0.29) is 12.4 Å². The Labute approximate surface area is 159 Å². The summed E-state index contributed by atoms with van der Waals surface area (Å²) in [7, 11) is 0. The van der Waals surface area contributed by atoms with Crippen molar-refractivity contribution < 1.29 is 0 Å². The summed E-state index contributed by atoms with van der Waals surface area (Å²) in [4.78, 5) is 5.32. The largest absolute Gasteiger partial charge is 0.368 e. The average Bonchev–Trinajstić information content (AvgIpc) is 3.40. The molecule has 138 valence electrons. The summed E-state index contributed by atoms with van der Waals surface area (Å²) in [6, 6.07) is 9.16. The van der Waals surface area contributed by atoms with E-state index in [9.17, 15) is 0 Å². The Morgan fingerprint density at radius 3 is 2.44 bits per heavy atom. The third-order valence-electron chi connectivity index (χ3n) is 5.97. The van der Waals surface area contributed by atoms with Gasteiger partial charge in [0, 0.05) is 44.0 Å². The molecule has 25 heavy (non-hydrogen) atoms. The maximum Gasteiger partial charge on any atom is 0.0443 e. The molecule has 0 N–H and O–H groups in total. The van der Waals surface area contributed by atoms with Crippen LogP contribution in [0.2, 0.25) is 0 Å². The van der Waals surface area contributed by atoms with E-state index in [1.165, 1.54) is 95.3 Å². The quantitative estimate of drug-likeness (QED) is 0.711. The molecule has 3 heteroatoms. The highest BCUT2D eigenvalue weighted by atomic mass is 35.5. The molecule has 0 aromatic heterocycles. The van der Waals surface area contributed by atoms with Gasteiger partial charge in [0.15, 0.2) is 0 Å². The lowest BCUT2D eigenvalue weighted by atomic mass is 9.93. The number of para-hydroxylation sites is 1. The van der Waals surface area contributed by atoms with Gasteiger partial charge in [0.05, 0.1) is 0 Å². The van der Waals surface area contributed by atoms with E-state index in [1.54, 1.807) is 5.57 Å². The molecule has 0 radical (unpaired) electrons. The first-order chi connectivity index (χ1) is 11.9. The molecule has 4 rings (SSSR count). The van der Waals surface area contributed by atoms with Gasteiger partial charge in [-0.2, -0.15) is 0 Å². The third kappa shape index (κ3) is 5.01. The lowest BCUT2D eigenvalue weighted by molar-refractivity contribution is 0.248. The maximum atomic E-state index is 2.69. The molecule has 1 aliphatic heterocycles. The van der Waals surface area contributed by atoms with Crippen LogP contribution in [0.4, 0.5) is 5.69 Å². The number of hydrogen-bond acceptors (Lipinski definition) is 2. The minimum absolute atomic E-state index is 0. The van der Waals surface area contributed by atoms with E-state index in [0.29, 0.717) is 0 Å². The second kappa shape index (κ2) is 9.09. The number of piperazine rings is 1. The SMILES string of the molecule is C1=C(c2ccccc2N2CCN(CC3CC3)CC2)CCCCCC1.Cl. The van der Waals surface area contributed by atoms with E-state index in [2.05, 4.69) is 40.1 Å². The first-order valence-corrected chi connectivity index (χ1v) is 10.2. The van der Waals surface area contributed by atoms with Crippen LogP contribution in [0, 0.1) is 5.92 Å². The van der Waals surface area contributed by atoms with Gasteiger partial charge in [-0.25, -0.2) is 0 Å². The van der Waals surface area contributed by atoms with E-state index in [4.69, 9.17) is 0 Å². The zero-order chi connectivity index (χ0) is 16.2. The van der Waals surface area contributed by atoms with E-state index < -0.39 is 0 Å². The molecule has 0 amide bonds. The van der Waals surface area contributed by atoms with Crippen molar-refractivity contribution in [2.75, 3.05) is 37.6 Å². The Hall–Kier alpha value is -0.990. The van der Waals surface area contributed by atoms with Crippen molar-refractivity contribution >= 4 is 23.7 Å². The first kappa shape index (κ1) is 18.8. The number of benzene rings is 1. The van der Waals surface area contributed by atoms with Crippen LogP contribution in [-0.2, 0) is 0 Å². The molecule has 1 aromatic carbocycles. The Kier molecular flexibility index (Phi) is 6.84. The fourth-order valence-corrected chi connectivity index (χ4v) is 4.29. The molecule has 2 nitrogen and oxygen atoms in total. The molecule has 0 atom stereocenters. The van der Waals surface area contributed by atoms with Crippen molar-refractivity contribution in [3.05, 3.63) is 35.9 Å². The predicted molar refractivity (Wildman–Crippen MR) is 111 cm³/mol. The van der Waals surface area contributed by atoms with Crippen molar-refractivity contribution in [1.29, 1.82) is 0 Å². The molecule has 2 fully saturated rings. The van der Waals surface area contributed by atoms with E-state index in [0.717, 1.165) is 5.92 Å². The van der Waals surface area contributed by atoms with Gasteiger partial charge in [-0.05, 0) is 56.1 Å². The fourth-order valence-electron chi connectivity index (χ4n) is 4.29. The number of anilines is 1. The summed E-state index contributed by atoms with van der Waals surface area (Å²) < 4.78 is 0. The number of halogens is 1. The fraction of sp³-hybridized carbons (Fsp3) is 0.636. The van der Waals surface area contributed by atoms with Gasteiger partial charge in [-0.1, -0.05) is 37.1 Å².